The lowest BCUT2D eigenvalue weighted by molar-refractivity contribution is -0.310. The van der Waals surface area contributed by atoms with Gasteiger partial charge in [-0.1, -0.05) is 43.4 Å². The molecule has 1 heterocycles. The van der Waals surface area contributed by atoms with Gasteiger partial charge in [0.25, 0.3) is 0 Å². The molecule has 1 aromatic heterocycles. The van der Waals surface area contributed by atoms with Gasteiger partial charge in [0.1, 0.15) is 0 Å². The maximum atomic E-state index is 7.13. The molecule has 2 N–H and O–H groups in total. The molecule has 2 aromatic carbocycles. The Morgan fingerprint density at radius 3 is 2.14 bits per heavy atom. The molecule has 0 aliphatic carbocycles. The largest absolute Gasteiger partial charge is 0.753 e. The highest BCUT2D eigenvalue weighted by molar-refractivity contribution is 7.78. The molecule has 0 atom stereocenters. The number of aromatic nitrogens is 1. The van der Waals surface area contributed by atoms with Crippen molar-refractivity contribution in [2.75, 3.05) is 5.43 Å². The molecule has 0 saturated heterocycles. The van der Waals surface area contributed by atoms with Gasteiger partial charge in [-0.05, 0) is 18.6 Å². The molecule has 0 bridgehead atoms. The number of H-pyrrole nitrogens is 1. The molecule has 0 unspecified atom stereocenters. The Balaban J connectivity index is 0.000000545. The van der Waals surface area contributed by atoms with Gasteiger partial charge in [-0.3, -0.25) is 5.43 Å². The van der Waals surface area contributed by atoms with E-state index < -0.39 is 0 Å². The SMILES string of the molecule is CC/C=N/Nc1c2ccccc2[nH+]c2ccccc12.[N-]=C=S. The van der Waals surface area contributed by atoms with E-state index in [1.165, 1.54) is 5.16 Å². The van der Waals surface area contributed by atoms with Crippen molar-refractivity contribution in [2.24, 2.45) is 5.10 Å². The summed E-state index contributed by atoms with van der Waals surface area (Å²) < 4.78 is 0. The number of para-hydroxylation sites is 2. The summed E-state index contributed by atoms with van der Waals surface area (Å²) in [5.74, 6) is 0. The van der Waals surface area contributed by atoms with Gasteiger partial charge in [-0.2, -0.15) is 10.3 Å². The first-order valence-electron chi connectivity index (χ1n) is 6.93. The molecule has 3 rings (SSSR count). The number of isothiocyanates is 1. The number of rotatable bonds is 3. The summed E-state index contributed by atoms with van der Waals surface area (Å²) >= 11 is 3.70. The van der Waals surface area contributed by atoms with Gasteiger partial charge in [-0.25, -0.2) is 4.98 Å². The Morgan fingerprint density at radius 1 is 1.14 bits per heavy atom. The number of fused-ring (bicyclic) bond motifs is 2. The van der Waals surface area contributed by atoms with E-state index in [2.05, 4.69) is 58.9 Å². The fraction of sp³-hybridized carbons (Fsp3) is 0.118. The standard InChI is InChI=1S/C16H15N3.CNS/c1-2-11-17-19-16-12-7-3-5-9-14(12)18-15-10-6-4-8-13(15)16;2-1-3/h3-11H,2H2,1H3,(H,18,19);/q;-1/p+1/b17-11+;. The third-order valence-corrected chi connectivity index (χ3v) is 3.11. The molecule has 4 nitrogen and oxygen atoms in total. The number of nitrogens with one attached hydrogen (secondary N) is 2. The van der Waals surface area contributed by atoms with Crippen LogP contribution in [0.5, 0.6) is 0 Å². The number of hydrogen-bond donors (Lipinski definition) is 1. The Labute approximate surface area is 134 Å². The van der Waals surface area contributed by atoms with Crippen LogP contribution in [0.3, 0.4) is 0 Å². The highest BCUT2D eigenvalue weighted by Gasteiger charge is 2.12. The van der Waals surface area contributed by atoms with E-state index in [0.29, 0.717) is 0 Å². The summed E-state index contributed by atoms with van der Waals surface area (Å²) in [6, 6.07) is 16.5. The molecular weight excluding hydrogens is 292 g/mol. The monoisotopic (exact) mass is 308 g/mol. The maximum Gasteiger partial charge on any atom is 0.213 e. The minimum Gasteiger partial charge on any atom is -0.753 e. The Hall–Kier alpha value is -2.62. The number of nitrogens with zero attached hydrogens (tertiary/aromatic N) is 2. The van der Waals surface area contributed by atoms with Crippen LogP contribution in [0.4, 0.5) is 5.69 Å². The quantitative estimate of drug-likeness (QED) is 0.340. The lowest BCUT2D eigenvalue weighted by Gasteiger charge is -2.06. The Bertz CT molecular complexity index is 782. The van der Waals surface area contributed by atoms with Gasteiger partial charge in [0.05, 0.1) is 16.5 Å². The minimum absolute atomic E-state index is 0.918. The van der Waals surface area contributed by atoms with Crippen LogP contribution < -0.4 is 10.4 Å². The van der Waals surface area contributed by atoms with Crippen molar-refractivity contribution in [2.45, 2.75) is 13.3 Å². The van der Waals surface area contributed by atoms with E-state index in [0.717, 1.165) is 33.9 Å². The summed E-state index contributed by atoms with van der Waals surface area (Å²) in [5.41, 5.74) is 6.45. The predicted molar refractivity (Wildman–Crippen MR) is 96.4 cm³/mol. The second kappa shape index (κ2) is 7.98. The van der Waals surface area contributed by atoms with E-state index in [1.807, 2.05) is 30.5 Å². The first-order valence-corrected chi connectivity index (χ1v) is 7.34. The zero-order valence-corrected chi connectivity index (χ0v) is 13.0. The van der Waals surface area contributed by atoms with Crippen molar-refractivity contribution in [1.29, 1.82) is 0 Å². The fourth-order valence-corrected chi connectivity index (χ4v) is 2.23. The number of hydrogen-bond acceptors (Lipinski definition) is 3. The molecule has 0 aliphatic rings. The fourth-order valence-electron chi connectivity index (χ4n) is 2.23. The van der Waals surface area contributed by atoms with Crippen LogP contribution in [0, 0.1) is 0 Å². The maximum absolute atomic E-state index is 7.13. The highest BCUT2D eigenvalue weighted by Crippen LogP contribution is 2.28. The van der Waals surface area contributed by atoms with E-state index in [1.54, 1.807) is 0 Å². The second-order valence-corrected chi connectivity index (χ2v) is 4.70. The molecule has 110 valence electrons. The van der Waals surface area contributed by atoms with Gasteiger partial charge in [0.15, 0.2) is 0 Å². The zero-order chi connectivity index (χ0) is 15.8. The number of thiocarbonyl (C=S) groups is 1. The van der Waals surface area contributed by atoms with Crippen LogP contribution in [0.1, 0.15) is 13.3 Å². The minimum atomic E-state index is 0.918. The van der Waals surface area contributed by atoms with Crippen LogP contribution in [0.25, 0.3) is 27.2 Å². The van der Waals surface area contributed by atoms with Gasteiger partial charge >= 0.3 is 0 Å². The first-order chi connectivity index (χ1) is 10.8. The lowest BCUT2D eigenvalue weighted by atomic mass is 10.1. The Kier molecular flexibility index (Phi) is 5.72. The molecule has 0 fully saturated rings. The van der Waals surface area contributed by atoms with Gasteiger partial charge in [0, 0.05) is 18.3 Å². The predicted octanol–water partition coefficient (Wildman–Crippen LogP) is 4.27. The van der Waals surface area contributed by atoms with E-state index >= 15 is 0 Å². The van der Waals surface area contributed by atoms with Crippen molar-refractivity contribution in [3.05, 3.63) is 53.9 Å². The number of aromatic amines is 1. The van der Waals surface area contributed by atoms with Crippen LogP contribution in [0.15, 0.2) is 53.6 Å². The topological polar surface area (TPSA) is 60.8 Å². The summed E-state index contributed by atoms with van der Waals surface area (Å²) in [4.78, 5) is 3.45. The third kappa shape index (κ3) is 3.52. The lowest BCUT2D eigenvalue weighted by Crippen LogP contribution is -2.07. The number of hydrazone groups is 1. The van der Waals surface area contributed by atoms with Crippen LogP contribution >= 0.6 is 12.2 Å². The number of benzene rings is 2. The van der Waals surface area contributed by atoms with Crippen molar-refractivity contribution in [3.8, 4) is 0 Å². The summed E-state index contributed by atoms with van der Waals surface area (Å²) in [7, 11) is 0. The highest BCUT2D eigenvalue weighted by atomic mass is 32.1. The molecule has 0 aliphatic heterocycles. The molecule has 0 radical (unpaired) electrons. The van der Waals surface area contributed by atoms with Gasteiger partial charge < -0.3 is 5.41 Å². The average Bonchev–Trinajstić information content (AvgIpc) is 2.55. The molecule has 22 heavy (non-hydrogen) atoms. The number of pyridine rings is 1. The second-order valence-electron chi connectivity index (χ2n) is 4.51. The van der Waals surface area contributed by atoms with Gasteiger partial charge in [-0.15, -0.1) is 0 Å². The van der Waals surface area contributed by atoms with Crippen LogP contribution in [-0.4, -0.2) is 11.4 Å². The van der Waals surface area contributed by atoms with E-state index in [4.69, 9.17) is 5.41 Å². The van der Waals surface area contributed by atoms with E-state index in [9.17, 15) is 0 Å². The normalized spacial score (nSPS) is 10.2. The van der Waals surface area contributed by atoms with Gasteiger partial charge in [0.2, 0.25) is 11.0 Å². The van der Waals surface area contributed by atoms with Crippen LogP contribution in [-0.2, 0) is 0 Å². The van der Waals surface area contributed by atoms with Crippen molar-refractivity contribution in [3.63, 3.8) is 0 Å². The van der Waals surface area contributed by atoms with Crippen LogP contribution in [0.2, 0.25) is 0 Å². The first kappa shape index (κ1) is 15.8. The van der Waals surface area contributed by atoms with Crippen molar-refractivity contribution >= 4 is 51.1 Å². The summed E-state index contributed by atoms with van der Waals surface area (Å²) in [6.45, 7) is 2.07. The molecular formula is C17H16N4S. The molecule has 0 saturated carbocycles. The molecule has 0 amide bonds. The smallest absolute Gasteiger partial charge is 0.213 e. The Morgan fingerprint density at radius 2 is 1.64 bits per heavy atom. The number of anilines is 1. The summed E-state index contributed by atoms with van der Waals surface area (Å²) in [6.07, 6.45) is 2.79. The third-order valence-electron chi connectivity index (χ3n) is 3.11. The van der Waals surface area contributed by atoms with Crippen molar-refractivity contribution < 1.29 is 4.98 Å². The summed E-state index contributed by atoms with van der Waals surface area (Å²) in [5, 5.41) is 15.0. The van der Waals surface area contributed by atoms with Crippen molar-refractivity contribution in [1.82, 2.24) is 0 Å². The molecule has 3 aromatic rings. The molecule has 0 spiro atoms. The van der Waals surface area contributed by atoms with E-state index in [-0.39, 0.29) is 0 Å². The zero-order valence-electron chi connectivity index (χ0n) is 12.2. The molecule has 5 heteroatoms. The average molecular weight is 308 g/mol.